The number of aliphatic hydroxyl groups is 1. The number of nitrogen functional groups attached to an aromatic ring is 1. The van der Waals surface area contributed by atoms with Crippen LogP contribution in [-0.4, -0.2) is 28.2 Å². The summed E-state index contributed by atoms with van der Waals surface area (Å²) in [6, 6.07) is 1.70. The van der Waals surface area contributed by atoms with Crippen molar-refractivity contribution in [2.45, 2.75) is 13.8 Å². The summed E-state index contributed by atoms with van der Waals surface area (Å²) in [5.74, 6) is 6.45. The molecular formula is C9H17N5O. The topological polar surface area (TPSA) is 96.1 Å². The molecule has 0 aliphatic rings. The van der Waals surface area contributed by atoms with Crippen LogP contribution in [0.2, 0.25) is 0 Å². The predicted octanol–water partition coefficient (Wildman–Crippen LogP) is 0.193. The van der Waals surface area contributed by atoms with Gasteiger partial charge in [-0.05, 0) is 0 Å². The summed E-state index contributed by atoms with van der Waals surface area (Å²) in [6.45, 7) is 4.67. The molecule has 5 N–H and O–H groups in total. The third-order valence-corrected chi connectivity index (χ3v) is 1.99. The molecule has 6 heteroatoms. The highest BCUT2D eigenvalue weighted by atomic mass is 16.3. The van der Waals surface area contributed by atoms with Gasteiger partial charge in [0.1, 0.15) is 18.0 Å². The molecule has 1 heterocycles. The number of hydrazine groups is 1. The minimum atomic E-state index is -0.179. The molecule has 0 atom stereocenters. The second-order valence-electron chi connectivity index (χ2n) is 4.11. The van der Waals surface area contributed by atoms with Crippen LogP contribution < -0.4 is 16.6 Å². The zero-order chi connectivity index (χ0) is 11.3. The Balaban J connectivity index is 2.57. The third kappa shape index (κ3) is 3.69. The van der Waals surface area contributed by atoms with Gasteiger partial charge in [-0.2, -0.15) is 0 Å². The van der Waals surface area contributed by atoms with Crippen LogP contribution in [0.4, 0.5) is 11.6 Å². The highest BCUT2D eigenvalue weighted by Crippen LogP contribution is 2.15. The van der Waals surface area contributed by atoms with Crippen LogP contribution in [0.15, 0.2) is 12.4 Å². The Bertz CT molecular complexity index is 315. The van der Waals surface area contributed by atoms with Crippen molar-refractivity contribution in [3.63, 3.8) is 0 Å². The van der Waals surface area contributed by atoms with Gasteiger partial charge in [0.05, 0.1) is 0 Å². The van der Waals surface area contributed by atoms with Crippen molar-refractivity contribution in [2.24, 2.45) is 11.3 Å². The standard InChI is InChI=1S/C9H17N5O/c1-9(2,5-15)4-11-7-3-8(14-10)13-6-12-7/h3,6,15H,4-5,10H2,1-2H3,(H2,11,12,13,14). The first-order chi connectivity index (χ1) is 7.07. The normalized spacial score (nSPS) is 11.2. The Kier molecular flexibility index (Phi) is 3.81. The van der Waals surface area contributed by atoms with E-state index in [0.29, 0.717) is 18.2 Å². The monoisotopic (exact) mass is 211 g/mol. The molecule has 15 heavy (non-hydrogen) atoms. The van der Waals surface area contributed by atoms with E-state index in [2.05, 4.69) is 20.7 Å². The summed E-state index contributed by atoms with van der Waals surface area (Å²) in [7, 11) is 0. The number of aliphatic hydroxyl groups excluding tert-OH is 1. The number of anilines is 2. The Morgan fingerprint density at radius 3 is 2.67 bits per heavy atom. The van der Waals surface area contributed by atoms with E-state index in [1.165, 1.54) is 6.33 Å². The lowest BCUT2D eigenvalue weighted by molar-refractivity contribution is 0.170. The molecule has 0 aliphatic carbocycles. The smallest absolute Gasteiger partial charge is 0.145 e. The SMILES string of the molecule is CC(C)(CO)CNc1cc(NN)ncn1. The molecule has 0 fully saturated rings. The minimum absolute atomic E-state index is 0.118. The van der Waals surface area contributed by atoms with Crippen LogP contribution in [0, 0.1) is 5.41 Å². The fourth-order valence-corrected chi connectivity index (χ4v) is 0.919. The van der Waals surface area contributed by atoms with Crippen molar-refractivity contribution in [2.75, 3.05) is 23.9 Å². The van der Waals surface area contributed by atoms with Crippen LogP contribution in [0.1, 0.15) is 13.8 Å². The van der Waals surface area contributed by atoms with Gasteiger partial charge in [-0.25, -0.2) is 15.8 Å². The van der Waals surface area contributed by atoms with Crippen LogP contribution >= 0.6 is 0 Å². The fourth-order valence-electron chi connectivity index (χ4n) is 0.919. The Morgan fingerprint density at radius 1 is 1.40 bits per heavy atom. The number of hydrogen-bond donors (Lipinski definition) is 4. The average Bonchev–Trinajstić information content (AvgIpc) is 2.27. The maximum absolute atomic E-state index is 9.07. The first kappa shape index (κ1) is 11.7. The van der Waals surface area contributed by atoms with Crippen molar-refractivity contribution in [1.82, 2.24) is 9.97 Å². The molecule has 84 valence electrons. The Hall–Kier alpha value is -1.40. The van der Waals surface area contributed by atoms with Gasteiger partial charge in [-0.15, -0.1) is 0 Å². The van der Waals surface area contributed by atoms with Crippen LogP contribution in [0.25, 0.3) is 0 Å². The number of nitrogens with two attached hydrogens (primary N) is 1. The van der Waals surface area contributed by atoms with Crippen molar-refractivity contribution < 1.29 is 5.11 Å². The molecule has 1 aromatic rings. The lowest BCUT2D eigenvalue weighted by Gasteiger charge is -2.22. The van der Waals surface area contributed by atoms with Gasteiger partial charge in [0.25, 0.3) is 0 Å². The van der Waals surface area contributed by atoms with Crippen LogP contribution in [0.5, 0.6) is 0 Å². The lowest BCUT2D eigenvalue weighted by Crippen LogP contribution is -2.27. The largest absolute Gasteiger partial charge is 0.396 e. The summed E-state index contributed by atoms with van der Waals surface area (Å²) >= 11 is 0. The molecule has 0 saturated carbocycles. The summed E-state index contributed by atoms with van der Waals surface area (Å²) in [4.78, 5) is 7.91. The quantitative estimate of drug-likeness (QED) is 0.410. The van der Waals surface area contributed by atoms with E-state index in [-0.39, 0.29) is 12.0 Å². The van der Waals surface area contributed by atoms with E-state index in [0.717, 1.165) is 0 Å². The zero-order valence-electron chi connectivity index (χ0n) is 8.99. The maximum atomic E-state index is 9.07. The van der Waals surface area contributed by atoms with E-state index in [4.69, 9.17) is 10.9 Å². The molecule has 0 amide bonds. The molecule has 0 radical (unpaired) electrons. The number of aromatic nitrogens is 2. The van der Waals surface area contributed by atoms with Gasteiger partial charge >= 0.3 is 0 Å². The van der Waals surface area contributed by atoms with E-state index >= 15 is 0 Å². The first-order valence-electron chi connectivity index (χ1n) is 4.71. The number of rotatable bonds is 5. The van der Waals surface area contributed by atoms with Gasteiger partial charge in [0.2, 0.25) is 0 Å². The lowest BCUT2D eigenvalue weighted by atomic mass is 9.95. The first-order valence-corrected chi connectivity index (χ1v) is 4.71. The number of nitrogens with one attached hydrogen (secondary N) is 2. The van der Waals surface area contributed by atoms with E-state index in [9.17, 15) is 0 Å². The highest BCUT2D eigenvalue weighted by molar-refractivity contribution is 5.45. The van der Waals surface area contributed by atoms with Crippen LogP contribution in [0.3, 0.4) is 0 Å². The van der Waals surface area contributed by atoms with Crippen molar-refractivity contribution in [1.29, 1.82) is 0 Å². The Morgan fingerprint density at radius 2 is 2.07 bits per heavy atom. The Labute approximate surface area is 88.9 Å². The van der Waals surface area contributed by atoms with Gasteiger partial charge in [-0.1, -0.05) is 13.8 Å². The zero-order valence-corrected chi connectivity index (χ0v) is 8.99. The minimum Gasteiger partial charge on any atom is -0.396 e. The van der Waals surface area contributed by atoms with E-state index in [1.807, 2.05) is 13.8 Å². The maximum Gasteiger partial charge on any atom is 0.145 e. The molecule has 0 aliphatic heterocycles. The summed E-state index contributed by atoms with van der Waals surface area (Å²) in [5.41, 5.74) is 2.26. The molecule has 6 nitrogen and oxygen atoms in total. The van der Waals surface area contributed by atoms with Crippen molar-refractivity contribution in [3.05, 3.63) is 12.4 Å². The van der Waals surface area contributed by atoms with Gasteiger partial charge in [0.15, 0.2) is 0 Å². The third-order valence-electron chi connectivity index (χ3n) is 1.99. The summed E-state index contributed by atoms with van der Waals surface area (Å²) in [5, 5.41) is 12.2. The van der Waals surface area contributed by atoms with Crippen molar-refractivity contribution >= 4 is 11.6 Å². The molecule has 0 spiro atoms. The molecule has 0 saturated heterocycles. The predicted molar refractivity (Wildman–Crippen MR) is 59.2 cm³/mol. The summed E-state index contributed by atoms with van der Waals surface area (Å²) in [6.07, 6.45) is 1.42. The van der Waals surface area contributed by atoms with Crippen LogP contribution in [-0.2, 0) is 0 Å². The second kappa shape index (κ2) is 4.90. The highest BCUT2D eigenvalue weighted by Gasteiger charge is 2.16. The fraction of sp³-hybridized carbons (Fsp3) is 0.556. The van der Waals surface area contributed by atoms with E-state index < -0.39 is 0 Å². The molecular weight excluding hydrogens is 194 g/mol. The molecule has 1 aromatic heterocycles. The molecule has 1 rings (SSSR count). The molecule has 0 unspecified atom stereocenters. The molecule has 0 aromatic carbocycles. The second-order valence-corrected chi connectivity index (χ2v) is 4.11. The van der Waals surface area contributed by atoms with Crippen molar-refractivity contribution in [3.8, 4) is 0 Å². The van der Waals surface area contributed by atoms with Gasteiger partial charge < -0.3 is 15.8 Å². The number of nitrogens with zero attached hydrogens (tertiary/aromatic N) is 2. The average molecular weight is 211 g/mol. The van der Waals surface area contributed by atoms with Gasteiger partial charge in [-0.3, -0.25) is 0 Å². The van der Waals surface area contributed by atoms with Gasteiger partial charge in [0, 0.05) is 24.6 Å². The number of hydrogen-bond acceptors (Lipinski definition) is 6. The summed E-state index contributed by atoms with van der Waals surface area (Å²) < 4.78 is 0. The molecule has 0 bridgehead atoms. The van der Waals surface area contributed by atoms with E-state index in [1.54, 1.807) is 6.07 Å².